The second kappa shape index (κ2) is 3.61. The number of ketones is 1. The fourth-order valence-electron chi connectivity index (χ4n) is 1.38. The molecule has 0 aromatic carbocycles. The van der Waals surface area contributed by atoms with Crippen LogP contribution in [0.2, 0.25) is 0 Å². The van der Waals surface area contributed by atoms with E-state index in [4.69, 9.17) is 0 Å². The van der Waals surface area contributed by atoms with E-state index in [-0.39, 0.29) is 23.1 Å². The van der Waals surface area contributed by atoms with Gasteiger partial charge in [0.15, 0.2) is 17.2 Å². The van der Waals surface area contributed by atoms with Gasteiger partial charge in [-0.2, -0.15) is 0 Å². The van der Waals surface area contributed by atoms with Crippen molar-refractivity contribution in [2.24, 2.45) is 5.92 Å². The zero-order chi connectivity index (χ0) is 11.0. The first-order chi connectivity index (χ1) is 7.09. The van der Waals surface area contributed by atoms with Gasteiger partial charge < -0.3 is 5.11 Å². The van der Waals surface area contributed by atoms with Gasteiger partial charge >= 0.3 is 0 Å². The Morgan fingerprint density at radius 2 is 2.20 bits per heavy atom. The predicted molar refractivity (Wildman–Crippen MR) is 54.8 cm³/mol. The van der Waals surface area contributed by atoms with E-state index in [1.165, 1.54) is 6.20 Å². The second-order valence-electron chi connectivity index (χ2n) is 4.26. The maximum Gasteiger partial charge on any atom is 0.187 e. The van der Waals surface area contributed by atoms with Gasteiger partial charge in [0.25, 0.3) is 0 Å². The van der Waals surface area contributed by atoms with Crippen LogP contribution in [0.3, 0.4) is 0 Å². The van der Waals surface area contributed by atoms with Gasteiger partial charge in [-0.25, -0.2) is 9.97 Å². The molecule has 2 rings (SSSR count). The minimum atomic E-state index is -0.155. The third-order valence-corrected chi connectivity index (χ3v) is 2.49. The summed E-state index contributed by atoms with van der Waals surface area (Å²) in [6.45, 7) is 3.58. The van der Waals surface area contributed by atoms with Gasteiger partial charge in [0.05, 0.1) is 6.20 Å². The van der Waals surface area contributed by atoms with Crippen molar-refractivity contribution in [1.29, 1.82) is 0 Å². The molecular formula is C11H14N2O2. The minimum Gasteiger partial charge on any atom is -0.504 e. The molecule has 4 nitrogen and oxygen atoms in total. The van der Waals surface area contributed by atoms with E-state index < -0.39 is 0 Å². The molecule has 1 aromatic heterocycles. The first kappa shape index (κ1) is 10.1. The van der Waals surface area contributed by atoms with E-state index in [1.54, 1.807) is 13.8 Å². The van der Waals surface area contributed by atoms with E-state index in [9.17, 15) is 9.90 Å². The molecule has 0 atom stereocenters. The lowest BCUT2D eigenvalue weighted by Gasteiger charge is -2.06. The number of hydrogen-bond acceptors (Lipinski definition) is 4. The van der Waals surface area contributed by atoms with Gasteiger partial charge in [0.1, 0.15) is 5.82 Å². The topological polar surface area (TPSA) is 63.1 Å². The van der Waals surface area contributed by atoms with E-state index in [0.717, 1.165) is 12.8 Å². The molecule has 80 valence electrons. The molecule has 1 heterocycles. The molecule has 1 saturated carbocycles. The standard InChI is InChI=1S/C11H14N2O2/c1-6(2)10(15)9-8(14)5-12-11(13-9)7-3-4-7/h5-7,14H,3-4H2,1-2H3. The van der Waals surface area contributed by atoms with Crippen molar-refractivity contribution in [2.75, 3.05) is 0 Å². The summed E-state index contributed by atoms with van der Waals surface area (Å²) in [5, 5.41) is 9.51. The summed E-state index contributed by atoms with van der Waals surface area (Å²) in [6, 6.07) is 0. The Hall–Kier alpha value is -1.45. The van der Waals surface area contributed by atoms with Gasteiger partial charge in [-0.15, -0.1) is 0 Å². The van der Waals surface area contributed by atoms with Crippen molar-refractivity contribution >= 4 is 5.78 Å². The molecule has 1 aliphatic carbocycles. The molecule has 1 fully saturated rings. The minimum absolute atomic E-state index is 0.113. The molecule has 1 aliphatic rings. The number of nitrogens with zero attached hydrogens (tertiary/aromatic N) is 2. The smallest absolute Gasteiger partial charge is 0.187 e. The van der Waals surface area contributed by atoms with E-state index in [0.29, 0.717) is 11.7 Å². The fourth-order valence-corrected chi connectivity index (χ4v) is 1.38. The van der Waals surface area contributed by atoms with Gasteiger partial charge in [-0.3, -0.25) is 4.79 Å². The molecule has 1 N–H and O–H groups in total. The maximum atomic E-state index is 11.7. The van der Waals surface area contributed by atoms with Gasteiger partial charge in [-0.05, 0) is 12.8 Å². The summed E-state index contributed by atoms with van der Waals surface area (Å²) in [7, 11) is 0. The summed E-state index contributed by atoms with van der Waals surface area (Å²) >= 11 is 0. The van der Waals surface area contributed by atoms with Crippen LogP contribution in [0.25, 0.3) is 0 Å². The first-order valence-corrected chi connectivity index (χ1v) is 5.19. The van der Waals surface area contributed by atoms with Gasteiger partial charge in [-0.1, -0.05) is 13.8 Å². The Balaban J connectivity index is 2.35. The predicted octanol–water partition coefficient (Wildman–Crippen LogP) is 1.90. The van der Waals surface area contributed by atoms with E-state index in [1.807, 2.05) is 0 Å². The van der Waals surface area contributed by atoms with Crippen molar-refractivity contribution in [1.82, 2.24) is 9.97 Å². The van der Waals surface area contributed by atoms with Crippen LogP contribution >= 0.6 is 0 Å². The highest BCUT2D eigenvalue weighted by Gasteiger charge is 2.28. The highest BCUT2D eigenvalue weighted by molar-refractivity contribution is 5.97. The quantitative estimate of drug-likeness (QED) is 0.767. The van der Waals surface area contributed by atoms with Crippen molar-refractivity contribution in [3.8, 4) is 5.75 Å². The van der Waals surface area contributed by atoms with Gasteiger partial charge in [0.2, 0.25) is 0 Å². The molecule has 0 radical (unpaired) electrons. The Morgan fingerprint density at radius 3 is 2.73 bits per heavy atom. The molecule has 0 spiro atoms. The summed E-state index contributed by atoms with van der Waals surface area (Å²) < 4.78 is 0. The average molecular weight is 206 g/mol. The van der Waals surface area contributed by atoms with Crippen molar-refractivity contribution in [2.45, 2.75) is 32.6 Å². The highest BCUT2D eigenvalue weighted by atomic mass is 16.3. The Bertz CT molecular complexity index is 398. The zero-order valence-corrected chi connectivity index (χ0v) is 8.90. The third kappa shape index (κ3) is 1.98. The van der Waals surface area contributed by atoms with Crippen LogP contribution in [0.4, 0.5) is 0 Å². The van der Waals surface area contributed by atoms with Gasteiger partial charge in [0, 0.05) is 11.8 Å². The van der Waals surface area contributed by atoms with Crippen LogP contribution in [-0.4, -0.2) is 20.9 Å². The van der Waals surface area contributed by atoms with Crippen molar-refractivity contribution < 1.29 is 9.90 Å². The number of carbonyl (C=O) groups is 1. The van der Waals surface area contributed by atoms with Crippen molar-refractivity contribution in [3.05, 3.63) is 17.7 Å². The molecule has 15 heavy (non-hydrogen) atoms. The normalized spacial score (nSPS) is 15.7. The molecular weight excluding hydrogens is 192 g/mol. The summed E-state index contributed by atoms with van der Waals surface area (Å²) in [5.74, 6) is 0.689. The molecule has 0 bridgehead atoms. The van der Waals surface area contributed by atoms with Crippen LogP contribution < -0.4 is 0 Å². The van der Waals surface area contributed by atoms with Crippen LogP contribution in [0, 0.1) is 5.92 Å². The Morgan fingerprint density at radius 1 is 1.53 bits per heavy atom. The summed E-state index contributed by atoms with van der Waals surface area (Å²) in [5.41, 5.74) is 0.168. The van der Waals surface area contributed by atoms with Crippen LogP contribution in [-0.2, 0) is 0 Å². The molecule has 0 amide bonds. The summed E-state index contributed by atoms with van der Waals surface area (Å²) in [6.07, 6.45) is 3.50. The molecule has 4 heteroatoms. The maximum absolute atomic E-state index is 11.7. The average Bonchev–Trinajstić information content (AvgIpc) is 3.01. The lowest BCUT2D eigenvalue weighted by Crippen LogP contribution is -2.11. The zero-order valence-electron chi connectivity index (χ0n) is 8.90. The number of carbonyl (C=O) groups excluding carboxylic acids is 1. The number of hydrogen-bond donors (Lipinski definition) is 1. The molecule has 0 aliphatic heterocycles. The van der Waals surface area contributed by atoms with E-state index >= 15 is 0 Å². The lowest BCUT2D eigenvalue weighted by molar-refractivity contribution is 0.0930. The highest BCUT2D eigenvalue weighted by Crippen LogP contribution is 2.38. The fraction of sp³-hybridized carbons (Fsp3) is 0.545. The lowest BCUT2D eigenvalue weighted by atomic mass is 10.1. The van der Waals surface area contributed by atoms with E-state index in [2.05, 4.69) is 9.97 Å². The summed E-state index contributed by atoms with van der Waals surface area (Å²) in [4.78, 5) is 19.9. The monoisotopic (exact) mass is 206 g/mol. The number of rotatable bonds is 3. The van der Waals surface area contributed by atoms with Crippen molar-refractivity contribution in [3.63, 3.8) is 0 Å². The number of Topliss-reactive ketones (excluding diaryl/α,β-unsaturated/α-hetero) is 1. The largest absolute Gasteiger partial charge is 0.504 e. The SMILES string of the molecule is CC(C)C(=O)c1nc(C2CC2)ncc1O. The van der Waals surface area contributed by atoms with Crippen LogP contribution in [0.5, 0.6) is 5.75 Å². The Labute approximate surface area is 88.4 Å². The van der Waals surface area contributed by atoms with Crippen LogP contribution in [0.1, 0.15) is 48.9 Å². The Kier molecular flexibility index (Phi) is 2.42. The van der Waals surface area contributed by atoms with Crippen LogP contribution in [0.15, 0.2) is 6.20 Å². The molecule has 0 unspecified atom stereocenters. The third-order valence-electron chi connectivity index (χ3n) is 2.49. The first-order valence-electron chi connectivity index (χ1n) is 5.19. The molecule has 0 saturated heterocycles. The molecule has 1 aromatic rings. The second-order valence-corrected chi connectivity index (χ2v) is 4.26. The number of aromatic nitrogens is 2. The number of aromatic hydroxyl groups is 1.